The highest BCUT2D eigenvalue weighted by Crippen LogP contribution is 2.29. The van der Waals surface area contributed by atoms with Crippen molar-refractivity contribution < 1.29 is 9.84 Å². The van der Waals surface area contributed by atoms with E-state index in [0.717, 1.165) is 31.0 Å². The fourth-order valence-electron chi connectivity index (χ4n) is 2.63. The molecule has 23 heavy (non-hydrogen) atoms. The highest BCUT2D eigenvalue weighted by atomic mass is 32.2. The Kier molecular flexibility index (Phi) is 4.88. The average Bonchev–Trinajstić information content (AvgIpc) is 2.76. The van der Waals surface area contributed by atoms with Gasteiger partial charge in [-0.15, -0.1) is 11.8 Å². The van der Waals surface area contributed by atoms with E-state index < -0.39 is 0 Å². The maximum atomic E-state index is 9.41. The molecule has 2 aromatic rings. The van der Waals surface area contributed by atoms with Crippen molar-refractivity contribution in [1.82, 2.24) is 9.88 Å². The quantitative estimate of drug-likeness (QED) is 0.867. The monoisotopic (exact) mass is 328 g/mol. The number of benzene rings is 1. The minimum absolute atomic E-state index is 0.108. The van der Waals surface area contributed by atoms with Crippen LogP contribution in [-0.2, 0) is 13.1 Å². The van der Waals surface area contributed by atoms with E-state index in [1.165, 1.54) is 16.0 Å². The van der Waals surface area contributed by atoms with Crippen LogP contribution in [0.5, 0.6) is 5.88 Å². The van der Waals surface area contributed by atoms with Crippen molar-refractivity contribution in [2.24, 2.45) is 0 Å². The first-order valence-corrected chi connectivity index (χ1v) is 8.49. The van der Waals surface area contributed by atoms with Crippen LogP contribution in [0.4, 0.5) is 0 Å². The normalized spacial score (nSPS) is 14.8. The zero-order valence-electron chi connectivity index (χ0n) is 13.2. The molecule has 0 saturated carbocycles. The standard InChI is InChI=1S/C18H20N2O2S/c1-13(21)15-5-3-14(4-6-15)11-20-7-8-23-17-10-19-18(22-2)9-16(17)12-20/h3-6,9-10,21H,1,7-8,11-12H2,2H3. The van der Waals surface area contributed by atoms with Crippen LogP contribution in [0.3, 0.4) is 0 Å². The Morgan fingerprint density at radius 2 is 2.17 bits per heavy atom. The zero-order chi connectivity index (χ0) is 16.2. The van der Waals surface area contributed by atoms with E-state index in [1.807, 2.05) is 48.3 Å². The van der Waals surface area contributed by atoms with E-state index in [4.69, 9.17) is 4.74 Å². The first kappa shape index (κ1) is 15.9. The lowest BCUT2D eigenvalue weighted by atomic mass is 10.1. The molecule has 1 N–H and O–H groups in total. The zero-order valence-corrected chi connectivity index (χ0v) is 14.0. The second-order valence-electron chi connectivity index (χ2n) is 5.54. The predicted octanol–water partition coefficient (Wildman–Crippen LogP) is 3.73. The first-order valence-electron chi connectivity index (χ1n) is 7.51. The van der Waals surface area contributed by atoms with E-state index >= 15 is 0 Å². The molecule has 1 aromatic heterocycles. The van der Waals surface area contributed by atoms with Crippen molar-refractivity contribution in [3.05, 3.63) is 59.8 Å². The molecule has 0 bridgehead atoms. The van der Waals surface area contributed by atoms with Crippen LogP contribution in [0.2, 0.25) is 0 Å². The molecule has 5 heteroatoms. The molecule has 0 saturated heterocycles. The van der Waals surface area contributed by atoms with Crippen molar-refractivity contribution in [2.45, 2.75) is 18.0 Å². The van der Waals surface area contributed by atoms with Crippen molar-refractivity contribution in [3.63, 3.8) is 0 Å². The lowest BCUT2D eigenvalue weighted by Gasteiger charge is -2.20. The molecule has 0 unspecified atom stereocenters. The minimum Gasteiger partial charge on any atom is -0.508 e. The highest BCUT2D eigenvalue weighted by molar-refractivity contribution is 7.99. The van der Waals surface area contributed by atoms with Gasteiger partial charge < -0.3 is 9.84 Å². The molecule has 0 amide bonds. The maximum absolute atomic E-state index is 9.41. The Labute approximate surface area is 140 Å². The van der Waals surface area contributed by atoms with Gasteiger partial charge in [0.1, 0.15) is 5.76 Å². The molecule has 120 valence electrons. The van der Waals surface area contributed by atoms with Crippen molar-refractivity contribution in [1.29, 1.82) is 0 Å². The number of aliphatic hydroxyl groups excluding tert-OH is 1. The predicted molar refractivity (Wildman–Crippen MR) is 93.7 cm³/mol. The molecule has 1 aliphatic rings. The Balaban J connectivity index is 1.74. The Morgan fingerprint density at radius 3 is 2.87 bits per heavy atom. The number of aromatic nitrogens is 1. The van der Waals surface area contributed by atoms with E-state index in [2.05, 4.69) is 16.5 Å². The number of methoxy groups -OCH3 is 1. The number of fused-ring (bicyclic) bond motifs is 1. The summed E-state index contributed by atoms with van der Waals surface area (Å²) in [5, 5.41) is 9.41. The van der Waals surface area contributed by atoms with Crippen molar-refractivity contribution >= 4 is 17.5 Å². The fourth-order valence-corrected chi connectivity index (χ4v) is 3.63. The van der Waals surface area contributed by atoms with Gasteiger partial charge in [-0.25, -0.2) is 4.98 Å². The Morgan fingerprint density at radius 1 is 1.39 bits per heavy atom. The Hall–Kier alpha value is -1.98. The third kappa shape index (κ3) is 3.86. The molecular formula is C18H20N2O2S. The Bertz CT molecular complexity index is 701. The molecule has 0 aliphatic carbocycles. The van der Waals surface area contributed by atoms with Gasteiger partial charge in [-0.3, -0.25) is 4.90 Å². The minimum atomic E-state index is 0.108. The number of hydrogen-bond acceptors (Lipinski definition) is 5. The molecule has 0 spiro atoms. The van der Waals surface area contributed by atoms with Crippen LogP contribution in [0, 0.1) is 0 Å². The van der Waals surface area contributed by atoms with Crippen LogP contribution in [0.15, 0.2) is 48.0 Å². The molecule has 1 aliphatic heterocycles. The number of aliphatic hydroxyl groups is 1. The summed E-state index contributed by atoms with van der Waals surface area (Å²) < 4.78 is 5.24. The summed E-state index contributed by atoms with van der Waals surface area (Å²) in [6, 6.07) is 9.93. The number of pyridine rings is 1. The van der Waals surface area contributed by atoms with Gasteiger partial charge in [0.15, 0.2) is 0 Å². The van der Waals surface area contributed by atoms with Gasteiger partial charge in [-0.05, 0) is 11.1 Å². The van der Waals surface area contributed by atoms with Gasteiger partial charge in [-0.2, -0.15) is 0 Å². The second kappa shape index (κ2) is 7.06. The first-order chi connectivity index (χ1) is 11.2. The second-order valence-corrected chi connectivity index (χ2v) is 6.67. The average molecular weight is 328 g/mol. The highest BCUT2D eigenvalue weighted by Gasteiger charge is 2.16. The molecule has 2 heterocycles. The topological polar surface area (TPSA) is 45.6 Å². The third-order valence-corrected chi connectivity index (χ3v) is 4.95. The van der Waals surface area contributed by atoms with Crippen LogP contribution in [-0.4, -0.2) is 34.4 Å². The number of ether oxygens (including phenoxy) is 1. The summed E-state index contributed by atoms with van der Waals surface area (Å²) in [5.74, 6) is 1.82. The summed E-state index contributed by atoms with van der Waals surface area (Å²) in [4.78, 5) is 7.95. The number of hydrogen-bond donors (Lipinski definition) is 1. The SMILES string of the molecule is C=C(O)c1ccc(CN2CCSc3cnc(OC)cc3C2)cc1. The summed E-state index contributed by atoms with van der Waals surface area (Å²) in [6.45, 7) is 6.34. The lowest BCUT2D eigenvalue weighted by molar-refractivity contribution is 0.273. The van der Waals surface area contributed by atoms with Crippen LogP contribution in [0.25, 0.3) is 5.76 Å². The van der Waals surface area contributed by atoms with E-state index in [1.54, 1.807) is 7.11 Å². The number of rotatable bonds is 4. The van der Waals surface area contributed by atoms with E-state index in [0.29, 0.717) is 5.88 Å². The summed E-state index contributed by atoms with van der Waals surface area (Å²) in [7, 11) is 1.65. The van der Waals surface area contributed by atoms with Crippen molar-refractivity contribution in [3.8, 4) is 5.88 Å². The van der Waals surface area contributed by atoms with Gasteiger partial charge in [0.2, 0.25) is 5.88 Å². The number of nitrogens with zero attached hydrogens (tertiary/aromatic N) is 2. The van der Waals surface area contributed by atoms with Gasteiger partial charge in [0.25, 0.3) is 0 Å². The number of thioether (sulfide) groups is 1. The van der Waals surface area contributed by atoms with Crippen molar-refractivity contribution in [2.75, 3.05) is 19.4 Å². The smallest absolute Gasteiger partial charge is 0.213 e. The summed E-state index contributed by atoms with van der Waals surface area (Å²) in [5.41, 5.74) is 3.26. The van der Waals surface area contributed by atoms with Crippen LogP contribution in [0.1, 0.15) is 16.7 Å². The van der Waals surface area contributed by atoms with Crippen LogP contribution < -0.4 is 4.74 Å². The summed E-state index contributed by atoms with van der Waals surface area (Å²) >= 11 is 1.85. The molecule has 3 rings (SSSR count). The van der Waals surface area contributed by atoms with Gasteiger partial charge in [-0.1, -0.05) is 30.8 Å². The molecule has 4 nitrogen and oxygen atoms in total. The maximum Gasteiger partial charge on any atom is 0.213 e. The van der Waals surface area contributed by atoms with E-state index in [-0.39, 0.29) is 5.76 Å². The van der Waals surface area contributed by atoms with Crippen LogP contribution >= 0.6 is 11.8 Å². The molecule has 0 fully saturated rings. The fraction of sp³-hybridized carbons (Fsp3) is 0.278. The van der Waals surface area contributed by atoms with Gasteiger partial charge in [0, 0.05) is 48.1 Å². The molecule has 0 radical (unpaired) electrons. The lowest BCUT2D eigenvalue weighted by Crippen LogP contribution is -2.24. The summed E-state index contributed by atoms with van der Waals surface area (Å²) in [6.07, 6.45) is 1.91. The molecule has 0 atom stereocenters. The van der Waals surface area contributed by atoms with Gasteiger partial charge in [0.05, 0.1) is 7.11 Å². The molecule has 1 aromatic carbocycles. The van der Waals surface area contributed by atoms with Gasteiger partial charge >= 0.3 is 0 Å². The largest absolute Gasteiger partial charge is 0.508 e. The van der Waals surface area contributed by atoms with E-state index in [9.17, 15) is 5.11 Å². The molecular weight excluding hydrogens is 308 g/mol. The third-order valence-electron chi connectivity index (χ3n) is 3.88.